The van der Waals surface area contributed by atoms with Crippen molar-refractivity contribution in [3.63, 3.8) is 0 Å². The Morgan fingerprint density at radius 1 is 1.24 bits per heavy atom. The lowest BCUT2D eigenvalue weighted by molar-refractivity contribution is -0.189. The molecule has 1 aromatic carbocycles. The Bertz CT molecular complexity index is 669. The maximum atomic E-state index is 12.5. The van der Waals surface area contributed by atoms with Crippen molar-refractivity contribution in [1.29, 1.82) is 0 Å². The van der Waals surface area contributed by atoms with Crippen LogP contribution in [-0.4, -0.2) is 23.7 Å². The van der Waals surface area contributed by atoms with E-state index < -0.39 is 29.8 Å². The molecular weight excluding hydrogens is 363 g/mol. The molecule has 140 valence electrons. The minimum Gasteiger partial charge on any atom is -0.460 e. The van der Waals surface area contributed by atoms with Crippen LogP contribution in [0.3, 0.4) is 0 Å². The highest BCUT2D eigenvalue weighted by Crippen LogP contribution is 2.34. The minimum atomic E-state index is -5.17. The van der Waals surface area contributed by atoms with Gasteiger partial charge in [0.15, 0.2) is 0 Å². The molecule has 1 aromatic rings. The van der Waals surface area contributed by atoms with Gasteiger partial charge in [-0.2, -0.15) is 13.2 Å². The van der Waals surface area contributed by atoms with E-state index in [1.165, 1.54) is 19.1 Å². The Hall–Kier alpha value is -1.80. The Morgan fingerprint density at radius 2 is 1.80 bits per heavy atom. The quantitative estimate of drug-likeness (QED) is 0.633. The molecule has 0 amide bonds. The summed E-state index contributed by atoms with van der Waals surface area (Å²) in [5, 5.41) is 0.180. The van der Waals surface area contributed by atoms with Crippen molar-refractivity contribution in [2.24, 2.45) is 5.73 Å². The summed E-state index contributed by atoms with van der Waals surface area (Å²) in [5.74, 6) is -3.41. The number of hydrogen-bond acceptors (Lipinski definition) is 5. The molecule has 0 aliphatic carbocycles. The monoisotopic (exact) mass is 381 g/mol. The van der Waals surface area contributed by atoms with Crippen molar-refractivity contribution in [2.45, 2.75) is 51.9 Å². The van der Waals surface area contributed by atoms with E-state index >= 15 is 0 Å². The summed E-state index contributed by atoms with van der Waals surface area (Å²) in [5.41, 5.74) is 5.35. The number of hydrogen-bond donors (Lipinski definition) is 1. The smallest absolute Gasteiger partial charge is 0.460 e. The van der Waals surface area contributed by atoms with Crippen LogP contribution in [0.25, 0.3) is 0 Å². The number of benzene rings is 1. The second kappa shape index (κ2) is 7.61. The molecule has 0 aliphatic rings. The fourth-order valence-electron chi connectivity index (χ4n) is 1.99. The van der Waals surface area contributed by atoms with Crippen molar-refractivity contribution in [3.05, 3.63) is 28.3 Å². The number of carbonyl (C=O) groups excluding carboxylic acids is 2. The van der Waals surface area contributed by atoms with Gasteiger partial charge in [0.2, 0.25) is 0 Å². The lowest BCUT2D eigenvalue weighted by atomic mass is 10.0. The van der Waals surface area contributed by atoms with Crippen molar-refractivity contribution in [1.82, 2.24) is 0 Å². The third-order valence-electron chi connectivity index (χ3n) is 2.90. The van der Waals surface area contributed by atoms with E-state index in [2.05, 4.69) is 4.74 Å². The predicted octanol–water partition coefficient (Wildman–Crippen LogP) is 3.85. The lowest BCUT2D eigenvalue weighted by Gasteiger charge is -2.22. The van der Waals surface area contributed by atoms with Crippen LogP contribution in [-0.2, 0) is 14.3 Å². The third-order valence-corrected chi connectivity index (χ3v) is 3.12. The fourth-order valence-corrected chi connectivity index (χ4v) is 2.28. The molecule has 5 nitrogen and oxygen atoms in total. The minimum absolute atomic E-state index is 0.00783. The number of nitrogens with two attached hydrogens (primary N) is 1. The summed E-state index contributed by atoms with van der Waals surface area (Å²) >= 11 is 5.90. The van der Waals surface area contributed by atoms with Crippen LogP contribution in [0, 0.1) is 6.92 Å². The topological polar surface area (TPSA) is 78.6 Å². The van der Waals surface area contributed by atoms with Gasteiger partial charge >= 0.3 is 18.1 Å². The largest absolute Gasteiger partial charge is 0.491 e. The van der Waals surface area contributed by atoms with Gasteiger partial charge in [0.25, 0.3) is 0 Å². The lowest BCUT2D eigenvalue weighted by Crippen LogP contribution is -2.30. The van der Waals surface area contributed by atoms with E-state index in [4.69, 9.17) is 22.1 Å². The van der Waals surface area contributed by atoms with Crippen LogP contribution in [0.15, 0.2) is 12.1 Å². The van der Waals surface area contributed by atoms with Gasteiger partial charge in [-0.3, -0.25) is 4.79 Å². The van der Waals surface area contributed by atoms with Gasteiger partial charge in [0.1, 0.15) is 11.4 Å². The first-order valence-corrected chi connectivity index (χ1v) is 7.65. The number of ether oxygens (including phenoxy) is 2. The predicted molar refractivity (Wildman–Crippen MR) is 85.3 cm³/mol. The first-order valence-electron chi connectivity index (χ1n) is 7.27. The zero-order chi connectivity index (χ0) is 19.6. The summed E-state index contributed by atoms with van der Waals surface area (Å²) in [7, 11) is 0. The van der Waals surface area contributed by atoms with Crippen LogP contribution in [0.1, 0.15) is 44.4 Å². The molecule has 0 bridgehead atoms. The number of carbonyl (C=O) groups is 2. The molecule has 0 saturated heterocycles. The van der Waals surface area contributed by atoms with Gasteiger partial charge in [0, 0.05) is 16.6 Å². The van der Waals surface area contributed by atoms with Crippen molar-refractivity contribution < 1.29 is 32.2 Å². The van der Waals surface area contributed by atoms with Gasteiger partial charge < -0.3 is 15.2 Å². The summed E-state index contributed by atoms with van der Waals surface area (Å²) in [6.45, 7) is 6.40. The van der Waals surface area contributed by atoms with Crippen LogP contribution in [0.2, 0.25) is 5.02 Å². The molecule has 0 spiro atoms. The number of aryl methyl sites for hydroxylation is 1. The zero-order valence-electron chi connectivity index (χ0n) is 14.2. The summed E-state index contributed by atoms with van der Waals surface area (Å²) < 4.78 is 47.0. The molecule has 0 saturated carbocycles. The van der Waals surface area contributed by atoms with E-state index in [1.54, 1.807) is 20.8 Å². The first kappa shape index (κ1) is 21.2. The van der Waals surface area contributed by atoms with E-state index in [0.29, 0.717) is 0 Å². The van der Waals surface area contributed by atoms with Crippen molar-refractivity contribution in [3.8, 4) is 5.75 Å². The van der Waals surface area contributed by atoms with Crippen LogP contribution < -0.4 is 10.5 Å². The molecule has 25 heavy (non-hydrogen) atoms. The number of halogens is 4. The fraction of sp³-hybridized carbons (Fsp3) is 0.500. The normalized spacial score (nSPS) is 13.3. The highest BCUT2D eigenvalue weighted by Gasteiger charge is 2.42. The number of esters is 2. The average Bonchev–Trinajstić information content (AvgIpc) is 2.37. The molecule has 0 radical (unpaired) electrons. The van der Waals surface area contributed by atoms with Gasteiger partial charge in [0.05, 0.1) is 6.42 Å². The molecular formula is C16H19ClF3NO4. The molecule has 1 atom stereocenters. The summed E-state index contributed by atoms with van der Waals surface area (Å²) in [6.07, 6.45) is -5.49. The molecule has 0 aliphatic heterocycles. The number of rotatable bonds is 4. The maximum absolute atomic E-state index is 12.5. The average molecular weight is 382 g/mol. The van der Waals surface area contributed by atoms with E-state index in [9.17, 15) is 22.8 Å². The van der Waals surface area contributed by atoms with Gasteiger partial charge in [-0.1, -0.05) is 11.6 Å². The van der Waals surface area contributed by atoms with Crippen molar-refractivity contribution in [2.75, 3.05) is 0 Å². The molecule has 1 unspecified atom stereocenters. The zero-order valence-corrected chi connectivity index (χ0v) is 14.9. The second-order valence-corrected chi connectivity index (χ2v) is 6.86. The van der Waals surface area contributed by atoms with Gasteiger partial charge in [-0.25, -0.2) is 4.79 Å². The highest BCUT2D eigenvalue weighted by atomic mass is 35.5. The number of alkyl halides is 3. The van der Waals surface area contributed by atoms with Gasteiger partial charge in [-0.15, -0.1) is 0 Å². The Kier molecular flexibility index (Phi) is 6.47. The third kappa shape index (κ3) is 6.55. The van der Waals surface area contributed by atoms with E-state index in [1.807, 2.05) is 0 Å². The molecule has 1 rings (SSSR count). The first-order chi connectivity index (χ1) is 11.2. The van der Waals surface area contributed by atoms with Crippen molar-refractivity contribution >= 4 is 23.5 Å². The Balaban J connectivity index is 3.12. The summed E-state index contributed by atoms with van der Waals surface area (Å²) in [4.78, 5) is 23.0. The molecule has 2 N–H and O–H groups in total. The Labute approximate surface area is 148 Å². The molecule has 0 heterocycles. The van der Waals surface area contributed by atoms with Crippen LogP contribution in [0.4, 0.5) is 13.2 Å². The molecule has 0 fully saturated rings. The van der Waals surface area contributed by atoms with Gasteiger partial charge in [-0.05, 0) is 45.4 Å². The van der Waals surface area contributed by atoms with Crippen LogP contribution in [0.5, 0.6) is 5.75 Å². The standard InChI is InChI=1S/C16H19ClF3NO4/c1-8-5-9(17)6-10(13(8)24-14(23)16(18,19)20)11(21)7-12(22)25-15(2,3)4/h5-6,11H,7,21H2,1-4H3. The summed E-state index contributed by atoms with van der Waals surface area (Å²) in [6, 6.07) is 1.51. The van der Waals surface area contributed by atoms with E-state index in [-0.39, 0.29) is 28.3 Å². The molecule has 9 heteroatoms. The molecule has 0 aromatic heterocycles. The van der Waals surface area contributed by atoms with Crippen LogP contribution >= 0.6 is 11.6 Å². The Morgan fingerprint density at radius 3 is 2.28 bits per heavy atom. The second-order valence-electron chi connectivity index (χ2n) is 6.43. The van der Waals surface area contributed by atoms with E-state index in [0.717, 1.165) is 0 Å². The highest BCUT2D eigenvalue weighted by molar-refractivity contribution is 6.30. The SMILES string of the molecule is Cc1cc(Cl)cc(C(N)CC(=O)OC(C)(C)C)c1OC(=O)C(F)(F)F. The maximum Gasteiger partial charge on any atom is 0.491 e.